The van der Waals surface area contributed by atoms with Crippen LogP contribution in [0.2, 0.25) is 0 Å². The van der Waals surface area contributed by atoms with Crippen LogP contribution in [-0.4, -0.2) is 51.7 Å². The van der Waals surface area contributed by atoms with Crippen molar-refractivity contribution in [1.82, 2.24) is 10.6 Å². The molecular weight excluding hydrogens is 411 g/mol. The van der Waals surface area contributed by atoms with Gasteiger partial charge in [-0.25, -0.2) is 4.79 Å². The molecule has 31 heavy (non-hydrogen) atoms. The first-order chi connectivity index (χ1) is 13.9. The van der Waals surface area contributed by atoms with Gasteiger partial charge in [0, 0.05) is 56.4 Å². The lowest BCUT2D eigenvalue weighted by atomic mass is 9.81. The molecular formula is C24H45N2O4P. The molecule has 0 spiro atoms. The highest BCUT2D eigenvalue weighted by Gasteiger charge is 2.42. The largest absolute Gasteiger partial charge is 0.462 e. The Bertz CT molecular complexity index is 640. The number of carbonyl (C=O) groups is 2. The molecule has 2 N–H and O–H groups in total. The van der Waals surface area contributed by atoms with Crippen molar-refractivity contribution in [1.29, 1.82) is 0 Å². The minimum Gasteiger partial charge on any atom is -0.462 e. The Kier molecular flexibility index (Phi) is 7.94. The number of hydrogen-bond donors (Lipinski definition) is 2. The molecule has 0 amide bonds. The Balaban J connectivity index is 1.99. The van der Waals surface area contributed by atoms with E-state index in [9.17, 15) is 9.59 Å². The Hall–Kier alpha value is -0.710. The van der Waals surface area contributed by atoms with Crippen molar-refractivity contribution in [3.05, 3.63) is 0 Å². The topological polar surface area (TPSA) is 76.7 Å². The predicted molar refractivity (Wildman–Crippen MR) is 128 cm³/mol. The van der Waals surface area contributed by atoms with Crippen molar-refractivity contribution in [2.45, 2.75) is 135 Å². The molecule has 2 unspecified atom stereocenters. The summed E-state index contributed by atoms with van der Waals surface area (Å²) in [6.07, 6.45) is 2.78. The molecule has 0 aliphatic carbocycles. The second kappa shape index (κ2) is 9.27. The molecule has 2 rings (SSSR count). The maximum atomic E-state index is 13.1. The summed E-state index contributed by atoms with van der Waals surface area (Å²) in [7, 11) is -0.233. The van der Waals surface area contributed by atoms with E-state index >= 15 is 0 Å². The number of nitrogens with one attached hydrogen (secondary N) is 2. The standard InChI is InChI=1S/C24H45N2O4P/c1-15(2)18(19(27)29-16-11-21(3,4)25-22(5,6)12-16)31-20(28)30-17-13-23(7,8)26-24(9,10)14-17/h15-18,25-26,31H,11-14H2,1-10H3. The fraction of sp³-hybridized carbons (Fsp3) is 0.917. The minimum atomic E-state index is -0.462. The number of esters is 1. The Labute approximate surface area is 191 Å². The Morgan fingerprint density at radius 1 is 0.742 bits per heavy atom. The van der Waals surface area contributed by atoms with Crippen LogP contribution >= 0.6 is 8.58 Å². The average Bonchev–Trinajstić information content (AvgIpc) is 2.45. The van der Waals surface area contributed by atoms with Gasteiger partial charge in [-0.05, 0) is 61.3 Å². The second-order valence-corrected chi connectivity index (χ2v) is 13.9. The molecule has 0 saturated carbocycles. The molecule has 2 fully saturated rings. The smallest absolute Gasteiger partial charge is 0.324 e. The third kappa shape index (κ3) is 8.29. The number of piperidine rings is 2. The van der Waals surface area contributed by atoms with Crippen molar-refractivity contribution >= 4 is 20.3 Å². The zero-order chi connectivity index (χ0) is 23.8. The zero-order valence-corrected chi connectivity index (χ0v) is 22.3. The first-order valence-electron chi connectivity index (χ1n) is 11.7. The van der Waals surface area contributed by atoms with Gasteiger partial charge < -0.3 is 20.1 Å². The van der Waals surface area contributed by atoms with E-state index in [-0.39, 0.29) is 60.5 Å². The molecule has 2 aliphatic rings. The van der Waals surface area contributed by atoms with Crippen molar-refractivity contribution in [3.63, 3.8) is 0 Å². The molecule has 0 bridgehead atoms. The van der Waals surface area contributed by atoms with Gasteiger partial charge in [0.05, 0.1) is 5.66 Å². The zero-order valence-electron chi connectivity index (χ0n) is 21.3. The van der Waals surface area contributed by atoms with Crippen LogP contribution in [0.15, 0.2) is 0 Å². The molecule has 0 radical (unpaired) electrons. The van der Waals surface area contributed by atoms with Gasteiger partial charge in [-0.2, -0.15) is 0 Å². The van der Waals surface area contributed by atoms with Gasteiger partial charge in [-0.15, -0.1) is 0 Å². The first kappa shape index (κ1) is 26.5. The van der Waals surface area contributed by atoms with Crippen molar-refractivity contribution in [3.8, 4) is 0 Å². The van der Waals surface area contributed by atoms with Crippen molar-refractivity contribution in [2.75, 3.05) is 0 Å². The van der Waals surface area contributed by atoms with Crippen LogP contribution in [0.4, 0.5) is 4.79 Å². The van der Waals surface area contributed by atoms with Crippen LogP contribution in [-0.2, 0) is 14.3 Å². The van der Waals surface area contributed by atoms with Gasteiger partial charge in [-0.3, -0.25) is 4.79 Å². The van der Waals surface area contributed by atoms with E-state index in [4.69, 9.17) is 9.47 Å². The lowest BCUT2D eigenvalue weighted by Crippen LogP contribution is -2.60. The van der Waals surface area contributed by atoms with E-state index in [0.717, 1.165) is 25.7 Å². The molecule has 180 valence electrons. The average molecular weight is 457 g/mol. The monoisotopic (exact) mass is 456 g/mol. The van der Waals surface area contributed by atoms with Gasteiger partial charge >= 0.3 is 11.7 Å². The number of hydrogen-bond acceptors (Lipinski definition) is 6. The summed E-state index contributed by atoms with van der Waals surface area (Å²) in [6, 6.07) is 0. The lowest BCUT2D eigenvalue weighted by molar-refractivity contribution is -0.153. The highest BCUT2D eigenvalue weighted by Crippen LogP contribution is 2.36. The van der Waals surface area contributed by atoms with Gasteiger partial charge in [0.2, 0.25) is 0 Å². The van der Waals surface area contributed by atoms with Gasteiger partial charge in [-0.1, -0.05) is 13.8 Å². The summed E-state index contributed by atoms with van der Waals surface area (Å²) in [5.74, 6) is -0.253. The fourth-order valence-electron chi connectivity index (χ4n) is 5.67. The van der Waals surface area contributed by atoms with Gasteiger partial charge in [0.15, 0.2) is 0 Å². The van der Waals surface area contributed by atoms with E-state index in [1.165, 1.54) is 0 Å². The maximum Gasteiger partial charge on any atom is 0.324 e. The summed E-state index contributed by atoms with van der Waals surface area (Å²) in [5, 5.41) is 7.21. The summed E-state index contributed by atoms with van der Waals surface area (Å²) in [4.78, 5) is 25.9. The normalized spacial score (nSPS) is 26.7. The van der Waals surface area contributed by atoms with Crippen LogP contribution in [0.1, 0.15) is 94.9 Å². The van der Waals surface area contributed by atoms with Gasteiger partial charge in [0.25, 0.3) is 0 Å². The highest BCUT2D eigenvalue weighted by atomic mass is 31.1. The quantitative estimate of drug-likeness (QED) is 0.433. The third-order valence-corrected chi connectivity index (χ3v) is 7.62. The van der Waals surface area contributed by atoms with Crippen LogP contribution in [0.5, 0.6) is 0 Å². The molecule has 2 heterocycles. The maximum absolute atomic E-state index is 13.1. The van der Waals surface area contributed by atoms with Crippen LogP contribution in [0.25, 0.3) is 0 Å². The predicted octanol–water partition coefficient (Wildman–Crippen LogP) is 4.99. The fourth-order valence-corrected chi connectivity index (χ4v) is 6.68. The molecule has 6 nitrogen and oxygen atoms in total. The van der Waals surface area contributed by atoms with Gasteiger partial charge in [0.1, 0.15) is 12.2 Å². The lowest BCUT2D eigenvalue weighted by Gasteiger charge is -2.46. The molecule has 2 saturated heterocycles. The number of ether oxygens (including phenoxy) is 2. The summed E-state index contributed by atoms with van der Waals surface area (Å²) < 4.78 is 11.8. The molecule has 0 aromatic rings. The molecule has 0 aromatic heterocycles. The summed E-state index contributed by atoms with van der Waals surface area (Å²) in [6.45, 7) is 21.0. The van der Waals surface area contributed by atoms with E-state index in [1.54, 1.807) is 0 Å². The molecule has 7 heteroatoms. The molecule has 2 atom stereocenters. The first-order valence-corrected chi connectivity index (χ1v) is 12.7. The van der Waals surface area contributed by atoms with Crippen molar-refractivity contribution < 1.29 is 19.1 Å². The Morgan fingerprint density at radius 3 is 1.45 bits per heavy atom. The number of rotatable bonds is 6. The molecule has 2 aliphatic heterocycles. The minimum absolute atomic E-state index is 0.0158. The third-order valence-electron chi connectivity index (χ3n) is 6.06. The van der Waals surface area contributed by atoms with E-state index in [1.807, 2.05) is 13.8 Å². The SMILES string of the molecule is CC(C)C(PC(=O)OC1CC(C)(C)NC(C)(C)C1)C(=O)OC1CC(C)(C)NC(C)(C)C1. The Morgan fingerprint density at radius 2 is 1.10 bits per heavy atom. The van der Waals surface area contributed by atoms with E-state index in [0.29, 0.717) is 0 Å². The van der Waals surface area contributed by atoms with E-state index in [2.05, 4.69) is 66.0 Å². The van der Waals surface area contributed by atoms with Crippen LogP contribution in [0.3, 0.4) is 0 Å². The van der Waals surface area contributed by atoms with Crippen LogP contribution < -0.4 is 10.6 Å². The number of carbonyl (C=O) groups excluding carboxylic acids is 2. The van der Waals surface area contributed by atoms with Crippen LogP contribution in [0, 0.1) is 5.92 Å². The van der Waals surface area contributed by atoms with Crippen molar-refractivity contribution in [2.24, 2.45) is 5.92 Å². The summed E-state index contributed by atoms with van der Waals surface area (Å²) >= 11 is 0. The molecule has 0 aromatic carbocycles. The second-order valence-electron chi connectivity index (χ2n) is 12.6. The summed E-state index contributed by atoms with van der Waals surface area (Å²) in [5.41, 5.74) is -1.13. The highest BCUT2D eigenvalue weighted by molar-refractivity contribution is 7.58. The van der Waals surface area contributed by atoms with E-state index < -0.39 is 5.66 Å².